The van der Waals surface area contributed by atoms with Crippen molar-refractivity contribution in [2.24, 2.45) is 0 Å². The SMILES string of the molecule is CCC1SCC(C(=O)O)N1C(=O)c1sccc1OC. The van der Waals surface area contributed by atoms with Gasteiger partial charge in [0.15, 0.2) is 0 Å². The Labute approximate surface area is 119 Å². The molecular weight excluding hydrogens is 286 g/mol. The van der Waals surface area contributed by atoms with Gasteiger partial charge in [0.2, 0.25) is 0 Å². The predicted octanol–water partition coefficient (Wildman–Crippen LogP) is 2.13. The quantitative estimate of drug-likeness (QED) is 0.923. The molecule has 7 heteroatoms. The van der Waals surface area contributed by atoms with Crippen molar-refractivity contribution in [3.8, 4) is 5.75 Å². The highest BCUT2D eigenvalue weighted by molar-refractivity contribution is 8.00. The van der Waals surface area contributed by atoms with E-state index in [1.165, 1.54) is 35.1 Å². The van der Waals surface area contributed by atoms with Crippen LogP contribution in [0.1, 0.15) is 23.0 Å². The van der Waals surface area contributed by atoms with E-state index in [9.17, 15) is 14.7 Å². The minimum atomic E-state index is -0.952. The molecule has 1 amide bonds. The predicted molar refractivity (Wildman–Crippen MR) is 75.0 cm³/mol. The smallest absolute Gasteiger partial charge is 0.327 e. The summed E-state index contributed by atoms with van der Waals surface area (Å²) in [7, 11) is 1.50. The van der Waals surface area contributed by atoms with Gasteiger partial charge in [0.25, 0.3) is 5.91 Å². The Kier molecular flexibility index (Phi) is 4.36. The number of thiophene rings is 1. The summed E-state index contributed by atoms with van der Waals surface area (Å²) in [6, 6.07) is 0.965. The number of carbonyl (C=O) groups is 2. The van der Waals surface area contributed by atoms with Gasteiger partial charge in [0.1, 0.15) is 16.7 Å². The van der Waals surface area contributed by atoms with Crippen LogP contribution in [-0.2, 0) is 4.79 Å². The van der Waals surface area contributed by atoms with Gasteiger partial charge in [0.05, 0.1) is 12.5 Å². The Morgan fingerprint density at radius 2 is 2.32 bits per heavy atom. The van der Waals surface area contributed by atoms with Crippen molar-refractivity contribution in [1.29, 1.82) is 0 Å². The molecule has 1 aromatic rings. The summed E-state index contributed by atoms with van der Waals surface area (Å²) in [6.45, 7) is 1.95. The lowest BCUT2D eigenvalue weighted by Gasteiger charge is -2.26. The lowest BCUT2D eigenvalue weighted by atomic mass is 10.2. The number of rotatable bonds is 4. The number of amides is 1. The zero-order valence-corrected chi connectivity index (χ0v) is 12.3. The van der Waals surface area contributed by atoms with E-state index in [2.05, 4.69) is 0 Å². The van der Waals surface area contributed by atoms with Gasteiger partial charge in [0, 0.05) is 5.75 Å². The molecule has 2 heterocycles. The number of carboxylic acids is 1. The number of aliphatic carboxylic acids is 1. The molecule has 104 valence electrons. The van der Waals surface area contributed by atoms with Gasteiger partial charge in [-0.15, -0.1) is 23.1 Å². The molecule has 2 unspecified atom stereocenters. The zero-order chi connectivity index (χ0) is 14.0. The summed E-state index contributed by atoms with van der Waals surface area (Å²) in [4.78, 5) is 25.8. The molecule has 2 atom stereocenters. The minimum Gasteiger partial charge on any atom is -0.495 e. The van der Waals surface area contributed by atoms with E-state index in [1.807, 2.05) is 6.92 Å². The van der Waals surface area contributed by atoms with Crippen LogP contribution >= 0.6 is 23.1 Å². The molecule has 0 radical (unpaired) electrons. The Morgan fingerprint density at radius 1 is 1.58 bits per heavy atom. The number of ether oxygens (including phenoxy) is 1. The average Bonchev–Trinajstić information content (AvgIpc) is 3.03. The van der Waals surface area contributed by atoms with Crippen molar-refractivity contribution in [3.63, 3.8) is 0 Å². The van der Waals surface area contributed by atoms with Gasteiger partial charge >= 0.3 is 5.97 Å². The van der Waals surface area contributed by atoms with Gasteiger partial charge in [-0.25, -0.2) is 4.79 Å². The van der Waals surface area contributed by atoms with Crippen molar-refractivity contribution in [2.45, 2.75) is 24.8 Å². The number of nitrogens with zero attached hydrogens (tertiary/aromatic N) is 1. The molecule has 0 aliphatic carbocycles. The molecule has 1 aliphatic heterocycles. The number of methoxy groups -OCH3 is 1. The second kappa shape index (κ2) is 5.83. The van der Waals surface area contributed by atoms with Gasteiger partial charge in [-0.2, -0.15) is 0 Å². The third-order valence-electron chi connectivity index (χ3n) is 3.00. The minimum absolute atomic E-state index is 0.0830. The van der Waals surface area contributed by atoms with Crippen LogP contribution in [0.4, 0.5) is 0 Å². The summed E-state index contributed by atoms with van der Waals surface area (Å²) in [5.41, 5.74) is 0. The van der Waals surface area contributed by atoms with E-state index in [0.29, 0.717) is 16.4 Å². The Bertz CT molecular complexity index is 488. The van der Waals surface area contributed by atoms with Crippen LogP contribution in [0.5, 0.6) is 5.75 Å². The molecule has 1 saturated heterocycles. The van der Waals surface area contributed by atoms with Crippen LogP contribution in [-0.4, -0.2) is 46.2 Å². The first-order valence-corrected chi connectivity index (χ1v) is 7.81. The van der Waals surface area contributed by atoms with Gasteiger partial charge in [-0.05, 0) is 17.9 Å². The zero-order valence-electron chi connectivity index (χ0n) is 10.7. The summed E-state index contributed by atoms with van der Waals surface area (Å²) < 4.78 is 5.14. The molecular formula is C12H15NO4S2. The first-order valence-electron chi connectivity index (χ1n) is 5.88. The molecule has 2 rings (SSSR count). The molecule has 1 aromatic heterocycles. The number of carboxylic acid groups (broad SMARTS) is 1. The lowest BCUT2D eigenvalue weighted by Crippen LogP contribution is -2.45. The highest BCUT2D eigenvalue weighted by atomic mass is 32.2. The van der Waals surface area contributed by atoms with E-state index in [0.717, 1.165) is 6.42 Å². The summed E-state index contributed by atoms with van der Waals surface area (Å²) in [5, 5.41) is 10.9. The number of hydrogen-bond acceptors (Lipinski definition) is 5. The second-order valence-electron chi connectivity index (χ2n) is 4.08. The maximum atomic E-state index is 12.6. The maximum Gasteiger partial charge on any atom is 0.327 e. The topological polar surface area (TPSA) is 66.8 Å². The molecule has 0 spiro atoms. The van der Waals surface area contributed by atoms with Crippen LogP contribution in [0.25, 0.3) is 0 Å². The average molecular weight is 301 g/mol. The van der Waals surface area contributed by atoms with E-state index in [4.69, 9.17) is 4.74 Å². The first kappa shape index (κ1) is 14.2. The van der Waals surface area contributed by atoms with E-state index < -0.39 is 12.0 Å². The van der Waals surface area contributed by atoms with Crippen LogP contribution in [0.2, 0.25) is 0 Å². The van der Waals surface area contributed by atoms with Crippen LogP contribution in [0.15, 0.2) is 11.4 Å². The van der Waals surface area contributed by atoms with Crippen molar-refractivity contribution >= 4 is 35.0 Å². The van der Waals surface area contributed by atoms with Crippen LogP contribution < -0.4 is 4.74 Å². The van der Waals surface area contributed by atoms with Crippen molar-refractivity contribution in [2.75, 3.05) is 12.9 Å². The molecule has 5 nitrogen and oxygen atoms in total. The normalized spacial score (nSPS) is 22.5. The number of thioether (sulfide) groups is 1. The van der Waals surface area contributed by atoms with Gasteiger partial charge in [-0.3, -0.25) is 4.79 Å². The molecule has 1 N–H and O–H groups in total. The fourth-order valence-corrected chi connectivity index (χ4v) is 4.22. The monoisotopic (exact) mass is 301 g/mol. The van der Waals surface area contributed by atoms with Crippen LogP contribution in [0.3, 0.4) is 0 Å². The van der Waals surface area contributed by atoms with Gasteiger partial charge in [-0.1, -0.05) is 6.92 Å². The third kappa shape index (κ3) is 2.57. The fraction of sp³-hybridized carbons (Fsp3) is 0.500. The van der Waals surface area contributed by atoms with Crippen LogP contribution in [0, 0.1) is 0 Å². The Hall–Kier alpha value is -1.21. The third-order valence-corrected chi connectivity index (χ3v) is 5.34. The maximum absolute atomic E-state index is 12.6. The molecule has 0 bridgehead atoms. The number of hydrogen-bond donors (Lipinski definition) is 1. The van der Waals surface area contributed by atoms with E-state index >= 15 is 0 Å². The van der Waals surface area contributed by atoms with Crippen molar-refractivity contribution < 1.29 is 19.4 Å². The molecule has 19 heavy (non-hydrogen) atoms. The molecule has 1 fully saturated rings. The first-order chi connectivity index (χ1) is 9.10. The number of carbonyl (C=O) groups excluding carboxylic acids is 1. The molecule has 0 aromatic carbocycles. The highest BCUT2D eigenvalue weighted by Crippen LogP contribution is 2.35. The fourth-order valence-electron chi connectivity index (χ4n) is 2.07. The summed E-state index contributed by atoms with van der Waals surface area (Å²) >= 11 is 2.79. The Morgan fingerprint density at radius 3 is 2.89 bits per heavy atom. The lowest BCUT2D eigenvalue weighted by molar-refractivity contribution is -0.141. The second-order valence-corrected chi connectivity index (χ2v) is 6.21. The Balaban J connectivity index is 2.31. The van der Waals surface area contributed by atoms with Crippen molar-refractivity contribution in [3.05, 3.63) is 16.3 Å². The highest BCUT2D eigenvalue weighted by Gasteiger charge is 2.42. The van der Waals surface area contributed by atoms with E-state index in [1.54, 1.807) is 11.4 Å². The van der Waals surface area contributed by atoms with E-state index in [-0.39, 0.29) is 11.3 Å². The van der Waals surface area contributed by atoms with Crippen molar-refractivity contribution in [1.82, 2.24) is 4.90 Å². The van der Waals surface area contributed by atoms with Gasteiger partial charge < -0.3 is 14.7 Å². The summed E-state index contributed by atoms with van der Waals surface area (Å²) in [6.07, 6.45) is 0.730. The molecule has 0 saturated carbocycles. The largest absolute Gasteiger partial charge is 0.495 e. The standard InChI is InChI=1S/C12H15NO4S2/c1-3-9-13(7(6-19-9)12(15)16)11(14)10-8(17-2)4-5-18-10/h4-5,7,9H,3,6H2,1-2H3,(H,15,16). The summed E-state index contributed by atoms with van der Waals surface area (Å²) in [5.74, 6) is -0.262. The molecule has 1 aliphatic rings.